The molecule has 1 aromatic carbocycles. The average molecular weight is 276 g/mol. The van der Waals surface area contributed by atoms with Gasteiger partial charge in [-0.2, -0.15) is 0 Å². The summed E-state index contributed by atoms with van der Waals surface area (Å²) in [6.07, 6.45) is 0.0294. The lowest BCUT2D eigenvalue weighted by Crippen LogP contribution is -2.33. The number of H-pyrrole nitrogens is 1. The summed E-state index contributed by atoms with van der Waals surface area (Å²) in [5, 5.41) is 12.0. The first-order valence-corrected chi connectivity index (χ1v) is 6.41. The molecule has 2 aromatic rings. The number of ether oxygens (including phenoxy) is 1. The van der Waals surface area contributed by atoms with Crippen LogP contribution < -0.4 is 0 Å². The van der Waals surface area contributed by atoms with Crippen molar-refractivity contribution in [2.45, 2.75) is 26.3 Å². The Morgan fingerprint density at radius 1 is 1.45 bits per heavy atom. The maximum absolute atomic E-state index is 11.7. The van der Waals surface area contributed by atoms with E-state index in [9.17, 15) is 14.9 Å². The van der Waals surface area contributed by atoms with Crippen LogP contribution in [0.3, 0.4) is 0 Å². The van der Waals surface area contributed by atoms with Gasteiger partial charge in [0.25, 0.3) is 0 Å². The summed E-state index contributed by atoms with van der Waals surface area (Å²) in [5.74, 6) is -0.790. The number of hydrogen-bond donors (Lipinski definition) is 1. The van der Waals surface area contributed by atoms with Gasteiger partial charge in [-0.05, 0) is 25.5 Å². The second-order valence-corrected chi connectivity index (χ2v) is 4.53. The topological polar surface area (TPSA) is 85.2 Å². The molecule has 20 heavy (non-hydrogen) atoms. The lowest BCUT2D eigenvalue weighted by atomic mass is 10.0. The van der Waals surface area contributed by atoms with Gasteiger partial charge in [0.1, 0.15) is 0 Å². The van der Waals surface area contributed by atoms with Crippen molar-refractivity contribution in [3.05, 3.63) is 45.6 Å². The Hall–Kier alpha value is -2.37. The fourth-order valence-corrected chi connectivity index (χ4v) is 2.27. The summed E-state index contributed by atoms with van der Waals surface area (Å²) in [6, 6.07) is 6.17. The molecule has 1 unspecified atom stereocenters. The van der Waals surface area contributed by atoms with Crippen molar-refractivity contribution in [1.82, 2.24) is 4.98 Å². The van der Waals surface area contributed by atoms with E-state index in [1.165, 1.54) is 0 Å². The van der Waals surface area contributed by atoms with E-state index in [0.717, 1.165) is 22.2 Å². The van der Waals surface area contributed by atoms with Crippen LogP contribution in [-0.4, -0.2) is 28.5 Å². The van der Waals surface area contributed by atoms with Crippen LogP contribution in [0.5, 0.6) is 0 Å². The Bertz CT molecular complexity index is 648. The minimum Gasteiger partial charge on any atom is -0.461 e. The Balaban J connectivity index is 2.36. The van der Waals surface area contributed by atoms with Crippen LogP contribution in [0.25, 0.3) is 10.9 Å². The SMILES string of the molecule is CCOC(=O)C(Cc1c(C)[nH]c2ccccc12)[N+](=O)[O-]. The molecule has 1 aromatic heterocycles. The number of carbonyl (C=O) groups excluding carboxylic acids is 1. The van der Waals surface area contributed by atoms with E-state index in [-0.39, 0.29) is 13.0 Å². The quantitative estimate of drug-likeness (QED) is 0.515. The van der Waals surface area contributed by atoms with Gasteiger partial charge in [0.2, 0.25) is 0 Å². The standard InChI is InChI=1S/C14H16N2O4/c1-3-20-14(17)13(16(18)19)8-11-9(2)15-12-7-5-4-6-10(11)12/h4-7,13,15H,3,8H2,1-2H3. The summed E-state index contributed by atoms with van der Waals surface area (Å²) in [4.78, 5) is 25.4. The van der Waals surface area contributed by atoms with Gasteiger partial charge in [0.05, 0.1) is 13.0 Å². The second kappa shape index (κ2) is 5.73. The van der Waals surface area contributed by atoms with Gasteiger partial charge in [-0.3, -0.25) is 10.1 Å². The van der Waals surface area contributed by atoms with Crippen molar-refractivity contribution in [3.63, 3.8) is 0 Å². The largest absolute Gasteiger partial charge is 0.461 e. The third kappa shape index (κ3) is 2.64. The van der Waals surface area contributed by atoms with Crippen molar-refractivity contribution in [1.29, 1.82) is 0 Å². The highest BCUT2D eigenvalue weighted by Crippen LogP contribution is 2.23. The molecular formula is C14H16N2O4. The first kappa shape index (κ1) is 14.0. The van der Waals surface area contributed by atoms with E-state index >= 15 is 0 Å². The highest BCUT2D eigenvalue weighted by Gasteiger charge is 2.33. The highest BCUT2D eigenvalue weighted by atomic mass is 16.6. The molecule has 0 bridgehead atoms. The molecule has 1 atom stereocenters. The third-order valence-corrected chi connectivity index (χ3v) is 3.24. The molecule has 0 radical (unpaired) electrons. The predicted octanol–water partition coefficient (Wildman–Crippen LogP) is 2.23. The number of aromatic amines is 1. The van der Waals surface area contributed by atoms with Gasteiger partial charge in [-0.1, -0.05) is 18.2 Å². The molecule has 0 aliphatic carbocycles. The average Bonchev–Trinajstić information content (AvgIpc) is 2.71. The maximum Gasteiger partial charge on any atom is 0.382 e. The summed E-state index contributed by atoms with van der Waals surface area (Å²) in [7, 11) is 0. The zero-order chi connectivity index (χ0) is 14.7. The van der Waals surface area contributed by atoms with Crippen molar-refractivity contribution in [2.24, 2.45) is 0 Å². The monoisotopic (exact) mass is 276 g/mol. The maximum atomic E-state index is 11.7. The molecule has 0 saturated heterocycles. The lowest BCUT2D eigenvalue weighted by molar-refractivity contribution is -0.510. The summed E-state index contributed by atoms with van der Waals surface area (Å²) in [6.45, 7) is 3.61. The van der Waals surface area contributed by atoms with E-state index in [4.69, 9.17) is 4.74 Å². The molecule has 1 N–H and O–H groups in total. The second-order valence-electron chi connectivity index (χ2n) is 4.53. The van der Waals surface area contributed by atoms with Crippen LogP contribution in [0, 0.1) is 17.0 Å². The van der Waals surface area contributed by atoms with Gasteiger partial charge in [-0.15, -0.1) is 0 Å². The van der Waals surface area contributed by atoms with Crippen LogP contribution in [0.2, 0.25) is 0 Å². The van der Waals surface area contributed by atoms with E-state index in [2.05, 4.69) is 4.98 Å². The number of esters is 1. The number of para-hydroxylation sites is 1. The van der Waals surface area contributed by atoms with E-state index in [1.807, 2.05) is 31.2 Å². The summed E-state index contributed by atoms with van der Waals surface area (Å²) in [5.41, 5.74) is 2.53. The molecule has 0 fully saturated rings. The van der Waals surface area contributed by atoms with Crippen LogP contribution in [-0.2, 0) is 16.0 Å². The summed E-state index contributed by atoms with van der Waals surface area (Å²) >= 11 is 0. The molecule has 0 saturated carbocycles. The van der Waals surface area contributed by atoms with E-state index < -0.39 is 16.9 Å². The van der Waals surface area contributed by atoms with Gasteiger partial charge in [-0.25, -0.2) is 4.79 Å². The normalized spacial score (nSPS) is 12.3. The Labute approximate surface area is 115 Å². The van der Waals surface area contributed by atoms with Crippen molar-refractivity contribution >= 4 is 16.9 Å². The summed E-state index contributed by atoms with van der Waals surface area (Å²) < 4.78 is 4.78. The number of nitrogens with one attached hydrogen (secondary N) is 1. The third-order valence-electron chi connectivity index (χ3n) is 3.24. The van der Waals surface area contributed by atoms with Gasteiger partial charge in [0.15, 0.2) is 0 Å². The zero-order valence-corrected chi connectivity index (χ0v) is 11.4. The molecule has 0 amide bonds. The first-order chi connectivity index (χ1) is 9.54. The minimum atomic E-state index is -1.37. The first-order valence-electron chi connectivity index (χ1n) is 6.41. The molecule has 2 rings (SSSR count). The number of nitro groups is 1. The molecule has 6 heteroatoms. The van der Waals surface area contributed by atoms with Crippen LogP contribution in [0.1, 0.15) is 18.2 Å². The molecule has 6 nitrogen and oxygen atoms in total. The molecular weight excluding hydrogens is 260 g/mol. The van der Waals surface area contributed by atoms with Crippen LogP contribution in [0.15, 0.2) is 24.3 Å². The predicted molar refractivity (Wildman–Crippen MR) is 74.2 cm³/mol. The lowest BCUT2D eigenvalue weighted by Gasteiger charge is -2.08. The molecule has 0 aliphatic heterocycles. The fourth-order valence-electron chi connectivity index (χ4n) is 2.27. The number of nitrogens with zero attached hydrogens (tertiary/aromatic N) is 1. The van der Waals surface area contributed by atoms with Gasteiger partial charge >= 0.3 is 12.0 Å². The molecule has 0 spiro atoms. The van der Waals surface area contributed by atoms with Crippen molar-refractivity contribution < 1.29 is 14.5 Å². The molecule has 1 heterocycles. The Morgan fingerprint density at radius 3 is 2.80 bits per heavy atom. The number of benzene rings is 1. The van der Waals surface area contributed by atoms with Gasteiger partial charge in [0, 0.05) is 21.5 Å². The smallest absolute Gasteiger partial charge is 0.382 e. The van der Waals surface area contributed by atoms with Crippen LogP contribution >= 0.6 is 0 Å². The number of hydrogen-bond acceptors (Lipinski definition) is 4. The molecule has 0 aliphatic rings. The number of aryl methyl sites for hydroxylation is 1. The number of aromatic nitrogens is 1. The number of carbonyl (C=O) groups is 1. The van der Waals surface area contributed by atoms with Crippen molar-refractivity contribution in [3.8, 4) is 0 Å². The minimum absolute atomic E-state index is 0.0294. The Morgan fingerprint density at radius 2 is 2.15 bits per heavy atom. The molecule has 106 valence electrons. The van der Waals surface area contributed by atoms with Crippen LogP contribution in [0.4, 0.5) is 0 Å². The fraction of sp³-hybridized carbons (Fsp3) is 0.357. The Kier molecular flexibility index (Phi) is 4.02. The van der Waals surface area contributed by atoms with Crippen molar-refractivity contribution in [2.75, 3.05) is 6.61 Å². The van der Waals surface area contributed by atoms with Gasteiger partial charge < -0.3 is 9.72 Å². The van der Waals surface area contributed by atoms with E-state index in [1.54, 1.807) is 6.92 Å². The number of fused-ring (bicyclic) bond motifs is 1. The van der Waals surface area contributed by atoms with E-state index in [0.29, 0.717) is 0 Å². The zero-order valence-electron chi connectivity index (χ0n) is 11.4. The number of rotatable bonds is 5. The highest BCUT2D eigenvalue weighted by molar-refractivity contribution is 5.85.